The minimum absolute atomic E-state index is 0.00544. The number of aromatic nitrogens is 1. The zero-order valence-electron chi connectivity index (χ0n) is 11.1. The fourth-order valence-electron chi connectivity index (χ4n) is 1.80. The zero-order chi connectivity index (χ0) is 13.8. The van der Waals surface area contributed by atoms with Crippen LogP contribution in [0.3, 0.4) is 0 Å². The molecule has 0 aromatic carbocycles. The normalized spacial score (nSPS) is 11.9. The molecule has 1 atom stereocenters. The number of carbonyl (C=O) groups excluding carboxylic acids is 1. The Morgan fingerprint density at radius 1 is 1.42 bits per heavy atom. The predicted molar refractivity (Wildman–Crippen MR) is 71.1 cm³/mol. The maximum absolute atomic E-state index is 11.5. The van der Waals surface area contributed by atoms with Crippen molar-refractivity contribution >= 4 is 11.8 Å². The van der Waals surface area contributed by atoms with Gasteiger partial charge in [-0.2, -0.15) is 0 Å². The Hall–Kier alpha value is -2.30. The highest BCUT2D eigenvalue weighted by Gasteiger charge is 2.13. The summed E-state index contributed by atoms with van der Waals surface area (Å²) in [6.07, 6.45) is 1.63. The fourth-order valence-corrected chi connectivity index (χ4v) is 1.80. The molecule has 0 amide bonds. The van der Waals surface area contributed by atoms with E-state index in [1.807, 2.05) is 19.1 Å². The molecule has 0 spiro atoms. The topological polar surface area (TPSA) is 64.4 Å². The second-order valence-electron chi connectivity index (χ2n) is 4.20. The first kappa shape index (κ1) is 13.1. The fraction of sp³-hybridized carbons (Fsp3) is 0.286. The number of esters is 1. The Bertz CT molecular complexity index is 564. The Kier molecular flexibility index (Phi) is 3.85. The molecule has 2 rings (SSSR count). The third kappa shape index (κ3) is 2.93. The molecule has 0 aliphatic rings. The summed E-state index contributed by atoms with van der Waals surface area (Å²) in [5.41, 5.74) is 1.10. The molecule has 5 heteroatoms. The van der Waals surface area contributed by atoms with Crippen LogP contribution in [0.2, 0.25) is 0 Å². The molecular weight excluding hydrogens is 244 g/mol. The quantitative estimate of drug-likeness (QED) is 0.856. The lowest BCUT2D eigenvalue weighted by molar-refractivity contribution is 0.0599. The molecule has 0 bridgehead atoms. The van der Waals surface area contributed by atoms with Crippen molar-refractivity contribution < 1.29 is 13.9 Å². The number of carbonyl (C=O) groups is 1. The maximum Gasteiger partial charge on any atom is 0.339 e. The van der Waals surface area contributed by atoms with Crippen molar-refractivity contribution in [2.45, 2.75) is 19.9 Å². The highest BCUT2D eigenvalue weighted by Crippen LogP contribution is 2.19. The number of furan rings is 1. The number of ether oxygens (including phenoxy) is 1. The SMILES string of the molecule is COC(=O)c1ccc(NC(C)c2ccco2)nc1C. The van der Waals surface area contributed by atoms with Crippen LogP contribution >= 0.6 is 0 Å². The molecule has 0 aliphatic heterocycles. The third-order valence-corrected chi connectivity index (χ3v) is 2.83. The van der Waals surface area contributed by atoms with Crippen LogP contribution in [-0.4, -0.2) is 18.1 Å². The van der Waals surface area contributed by atoms with Gasteiger partial charge in [0.25, 0.3) is 0 Å². The number of hydrogen-bond donors (Lipinski definition) is 1. The number of nitrogens with one attached hydrogen (secondary N) is 1. The monoisotopic (exact) mass is 260 g/mol. The highest BCUT2D eigenvalue weighted by molar-refractivity contribution is 5.90. The molecule has 100 valence electrons. The number of aryl methyl sites for hydroxylation is 1. The minimum atomic E-state index is -0.379. The number of nitrogens with zero attached hydrogens (tertiary/aromatic N) is 1. The molecule has 0 aliphatic carbocycles. The first-order valence-corrected chi connectivity index (χ1v) is 5.97. The minimum Gasteiger partial charge on any atom is -0.467 e. The average molecular weight is 260 g/mol. The number of rotatable bonds is 4. The Morgan fingerprint density at radius 3 is 2.79 bits per heavy atom. The van der Waals surface area contributed by atoms with E-state index in [1.165, 1.54) is 7.11 Å². The predicted octanol–water partition coefficient (Wildman–Crippen LogP) is 2.94. The van der Waals surface area contributed by atoms with Crippen molar-refractivity contribution in [1.29, 1.82) is 0 Å². The van der Waals surface area contributed by atoms with Crippen LogP contribution in [0, 0.1) is 6.92 Å². The van der Waals surface area contributed by atoms with Gasteiger partial charge in [0.2, 0.25) is 0 Å². The van der Waals surface area contributed by atoms with Crippen LogP contribution in [0.25, 0.3) is 0 Å². The number of anilines is 1. The first-order valence-electron chi connectivity index (χ1n) is 5.97. The zero-order valence-corrected chi connectivity index (χ0v) is 11.1. The molecule has 2 aromatic rings. The van der Waals surface area contributed by atoms with Crippen LogP contribution < -0.4 is 5.32 Å². The lowest BCUT2D eigenvalue weighted by Crippen LogP contribution is -2.10. The van der Waals surface area contributed by atoms with E-state index in [0.717, 1.165) is 5.76 Å². The van der Waals surface area contributed by atoms with Gasteiger partial charge < -0.3 is 14.5 Å². The summed E-state index contributed by atoms with van der Waals surface area (Å²) in [6, 6.07) is 7.19. The summed E-state index contributed by atoms with van der Waals surface area (Å²) >= 11 is 0. The highest BCUT2D eigenvalue weighted by atomic mass is 16.5. The number of hydrogen-bond acceptors (Lipinski definition) is 5. The van der Waals surface area contributed by atoms with Gasteiger partial charge in [-0.3, -0.25) is 0 Å². The summed E-state index contributed by atoms with van der Waals surface area (Å²) in [7, 11) is 1.35. The standard InChI is InChI=1S/C14H16N2O3/c1-9-11(14(17)18-3)6-7-13(15-9)16-10(2)12-5-4-8-19-12/h4-8,10H,1-3H3,(H,15,16). The molecule has 19 heavy (non-hydrogen) atoms. The Labute approximate surface area is 111 Å². The largest absolute Gasteiger partial charge is 0.467 e. The summed E-state index contributed by atoms with van der Waals surface area (Å²) in [6.45, 7) is 3.75. The van der Waals surface area contributed by atoms with Gasteiger partial charge in [-0.15, -0.1) is 0 Å². The molecule has 1 N–H and O–H groups in total. The smallest absolute Gasteiger partial charge is 0.339 e. The van der Waals surface area contributed by atoms with Crippen LogP contribution in [-0.2, 0) is 4.74 Å². The number of pyridine rings is 1. The van der Waals surface area contributed by atoms with Crippen LogP contribution in [0.4, 0.5) is 5.82 Å². The summed E-state index contributed by atoms with van der Waals surface area (Å²) in [4.78, 5) is 15.8. The molecule has 0 fully saturated rings. The molecular formula is C14H16N2O3. The van der Waals surface area contributed by atoms with Crippen LogP contribution in [0.1, 0.15) is 34.8 Å². The second-order valence-corrected chi connectivity index (χ2v) is 4.20. The summed E-state index contributed by atoms with van der Waals surface area (Å²) < 4.78 is 10.00. The molecule has 0 saturated carbocycles. The molecule has 0 radical (unpaired) electrons. The number of methoxy groups -OCH3 is 1. The lowest BCUT2D eigenvalue weighted by Gasteiger charge is -2.13. The third-order valence-electron chi connectivity index (χ3n) is 2.83. The molecule has 1 unspecified atom stereocenters. The van der Waals surface area contributed by atoms with E-state index in [4.69, 9.17) is 4.42 Å². The van der Waals surface area contributed by atoms with Gasteiger partial charge in [0, 0.05) is 0 Å². The summed E-state index contributed by atoms with van der Waals surface area (Å²) in [5.74, 6) is 1.14. The van der Waals surface area contributed by atoms with E-state index >= 15 is 0 Å². The Morgan fingerprint density at radius 2 is 2.21 bits per heavy atom. The molecule has 2 heterocycles. The van der Waals surface area contributed by atoms with Crippen molar-refractivity contribution in [3.63, 3.8) is 0 Å². The van der Waals surface area contributed by atoms with E-state index in [2.05, 4.69) is 15.0 Å². The van der Waals surface area contributed by atoms with Crippen LogP contribution in [0.5, 0.6) is 0 Å². The van der Waals surface area contributed by atoms with E-state index in [-0.39, 0.29) is 12.0 Å². The van der Waals surface area contributed by atoms with Crippen molar-refractivity contribution in [3.05, 3.63) is 47.5 Å². The molecule has 2 aromatic heterocycles. The van der Waals surface area contributed by atoms with Gasteiger partial charge in [-0.05, 0) is 38.1 Å². The van der Waals surface area contributed by atoms with Crippen molar-refractivity contribution in [1.82, 2.24) is 4.98 Å². The van der Waals surface area contributed by atoms with Crippen molar-refractivity contribution in [2.24, 2.45) is 0 Å². The average Bonchev–Trinajstić information content (AvgIpc) is 2.92. The van der Waals surface area contributed by atoms with Gasteiger partial charge in [-0.25, -0.2) is 9.78 Å². The van der Waals surface area contributed by atoms with E-state index < -0.39 is 0 Å². The lowest BCUT2D eigenvalue weighted by atomic mass is 10.2. The van der Waals surface area contributed by atoms with Crippen molar-refractivity contribution in [2.75, 3.05) is 12.4 Å². The Balaban J connectivity index is 2.14. The van der Waals surface area contributed by atoms with Crippen LogP contribution in [0.15, 0.2) is 34.9 Å². The second kappa shape index (κ2) is 5.56. The van der Waals surface area contributed by atoms with Gasteiger partial charge >= 0.3 is 5.97 Å². The van der Waals surface area contributed by atoms with Gasteiger partial charge in [0.05, 0.1) is 30.7 Å². The van der Waals surface area contributed by atoms with Gasteiger partial charge in [-0.1, -0.05) is 0 Å². The first-order chi connectivity index (χ1) is 9.11. The van der Waals surface area contributed by atoms with Gasteiger partial charge in [0.1, 0.15) is 11.6 Å². The van der Waals surface area contributed by atoms with E-state index in [1.54, 1.807) is 25.3 Å². The van der Waals surface area contributed by atoms with E-state index in [9.17, 15) is 4.79 Å². The molecule has 0 saturated heterocycles. The maximum atomic E-state index is 11.5. The van der Waals surface area contributed by atoms with Gasteiger partial charge in [0.15, 0.2) is 0 Å². The van der Waals surface area contributed by atoms with Crippen molar-refractivity contribution in [3.8, 4) is 0 Å². The van der Waals surface area contributed by atoms with E-state index in [0.29, 0.717) is 17.1 Å². The summed E-state index contributed by atoms with van der Waals surface area (Å²) in [5, 5.41) is 3.21. The molecule has 5 nitrogen and oxygen atoms in total.